The minimum Gasteiger partial charge on any atom is -0.378 e. The second-order valence-electron chi connectivity index (χ2n) is 9.26. The topological polar surface area (TPSA) is 57.2 Å². The van der Waals surface area contributed by atoms with Crippen molar-refractivity contribution in [2.45, 2.75) is 62.3 Å². The minimum absolute atomic E-state index is 0.347. The fourth-order valence-corrected chi connectivity index (χ4v) is 5.23. The number of piperidine rings is 1. The summed E-state index contributed by atoms with van der Waals surface area (Å²) >= 11 is 0. The highest BCUT2D eigenvalue weighted by molar-refractivity contribution is 5.83. The van der Waals surface area contributed by atoms with Crippen molar-refractivity contribution in [1.82, 2.24) is 15.1 Å². The van der Waals surface area contributed by atoms with Gasteiger partial charge in [0, 0.05) is 18.0 Å². The third-order valence-corrected chi connectivity index (χ3v) is 7.48. The Hall–Kier alpha value is -2.16. The number of alkyl halides is 2. The summed E-state index contributed by atoms with van der Waals surface area (Å²) in [6.45, 7) is 3.98. The Balaban J connectivity index is 1.25. The molecule has 1 unspecified atom stereocenters. The van der Waals surface area contributed by atoms with E-state index in [2.05, 4.69) is 39.5 Å². The van der Waals surface area contributed by atoms with E-state index in [9.17, 15) is 13.6 Å². The van der Waals surface area contributed by atoms with Crippen molar-refractivity contribution in [3.8, 4) is 0 Å². The van der Waals surface area contributed by atoms with E-state index in [0.717, 1.165) is 68.9 Å². The molecule has 1 aliphatic carbocycles. The zero-order chi connectivity index (χ0) is 22.1. The number of nitrogens with zero attached hydrogens (tertiary/aromatic N) is 3. The molecule has 5 rings (SSSR count). The van der Waals surface area contributed by atoms with Crippen molar-refractivity contribution >= 4 is 12.1 Å². The summed E-state index contributed by atoms with van der Waals surface area (Å²) in [6.07, 6.45) is 5.69. The largest absolute Gasteiger partial charge is 0.378 e. The van der Waals surface area contributed by atoms with Gasteiger partial charge in [-0.1, -0.05) is 24.3 Å². The average molecular weight is 445 g/mol. The zero-order valence-electron chi connectivity index (χ0n) is 18.1. The molecule has 0 spiro atoms. The predicted molar refractivity (Wildman–Crippen MR) is 118 cm³/mol. The van der Waals surface area contributed by atoms with Gasteiger partial charge >= 0.3 is 6.43 Å². The van der Waals surface area contributed by atoms with Gasteiger partial charge in [0.15, 0.2) is 6.29 Å². The molecule has 0 radical (unpaired) electrons. The number of hydrogen-bond donors (Lipinski definition) is 1. The highest BCUT2D eigenvalue weighted by atomic mass is 19.3. The molecule has 2 saturated heterocycles. The lowest BCUT2D eigenvalue weighted by atomic mass is 9.71. The van der Waals surface area contributed by atoms with Gasteiger partial charge in [-0.25, -0.2) is 0 Å². The SMILES string of the molecule is O=C(C(F)F)N1C=CC=NC1NC1(c2ccc(C3CCN(C4COC4)CC3)cc2)CCC1. The number of benzene rings is 1. The number of rotatable bonds is 6. The van der Waals surface area contributed by atoms with Gasteiger partial charge < -0.3 is 4.74 Å². The van der Waals surface area contributed by atoms with Gasteiger partial charge in [0.25, 0.3) is 5.91 Å². The predicted octanol–water partition coefficient (Wildman–Crippen LogP) is 3.21. The van der Waals surface area contributed by atoms with Crippen LogP contribution in [0.4, 0.5) is 8.78 Å². The first kappa shape index (κ1) is 21.7. The third kappa shape index (κ3) is 4.11. The molecule has 8 heteroatoms. The van der Waals surface area contributed by atoms with Crippen LogP contribution in [0.15, 0.2) is 41.5 Å². The lowest BCUT2D eigenvalue weighted by Crippen LogP contribution is -2.58. The van der Waals surface area contributed by atoms with Crippen LogP contribution < -0.4 is 5.32 Å². The van der Waals surface area contributed by atoms with Crippen LogP contribution in [0.2, 0.25) is 0 Å². The molecule has 0 bridgehead atoms. The average Bonchev–Trinajstić information content (AvgIpc) is 2.75. The van der Waals surface area contributed by atoms with Crippen molar-refractivity contribution in [2.75, 3.05) is 26.3 Å². The summed E-state index contributed by atoms with van der Waals surface area (Å²) in [5.41, 5.74) is 2.14. The number of aliphatic imine (C=N–C) groups is 1. The molecule has 4 aliphatic rings. The standard InChI is InChI=1S/C24H30F2N4O2/c25-21(26)22(31)30-12-2-11-27-23(30)28-24(9-1-10-24)19-5-3-17(4-6-19)18-7-13-29(14-8-18)20-15-32-16-20/h2-6,11-12,18,20-21,23,28H,1,7-10,13-16H2. The monoisotopic (exact) mass is 444 g/mol. The molecule has 6 nitrogen and oxygen atoms in total. The van der Waals surface area contributed by atoms with Crippen LogP contribution in [0.5, 0.6) is 0 Å². The Morgan fingerprint density at radius 2 is 1.88 bits per heavy atom. The molecule has 3 heterocycles. The van der Waals surface area contributed by atoms with E-state index < -0.39 is 18.6 Å². The van der Waals surface area contributed by atoms with E-state index >= 15 is 0 Å². The number of likely N-dealkylation sites (tertiary alicyclic amines) is 1. The molecule has 1 atom stereocenters. The molecule has 1 saturated carbocycles. The minimum atomic E-state index is -3.06. The van der Waals surface area contributed by atoms with Gasteiger partial charge in [-0.05, 0) is 68.3 Å². The van der Waals surface area contributed by atoms with E-state index in [-0.39, 0.29) is 5.54 Å². The Kier molecular flexibility index (Phi) is 6.09. The van der Waals surface area contributed by atoms with Gasteiger partial charge in [0.05, 0.1) is 19.3 Å². The van der Waals surface area contributed by atoms with Gasteiger partial charge in [0.1, 0.15) is 0 Å². The number of hydrogen-bond acceptors (Lipinski definition) is 5. The van der Waals surface area contributed by atoms with E-state index in [1.165, 1.54) is 17.8 Å². The molecule has 32 heavy (non-hydrogen) atoms. The molecule has 1 amide bonds. The van der Waals surface area contributed by atoms with Gasteiger partial charge in [-0.2, -0.15) is 8.78 Å². The first-order valence-corrected chi connectivity index (χ1v) is 11.6. The number of amides is 1. The molecule has 1 aromatic carbocycles. The van der Waals surface area contributed by atoms with Crippen molar-refractivity contribution < 1.29 is 18.3 Å². The second kappa shape index (κ2) is 9.00. The van der Waals surface area contributed by atoms with Gasteiger partial charge in [0.2, 0.25) is 0 Å². The maximum Gasteiger partial charge on any atom is 0.316 e. The molecule has 3 fully saturated rings. The molecule has 0 aromatic heterocycles. The van der Waals surface area contributed by atoms with E-state index in [4.69, 9.17) is 4.74 Å². The molecular formula is C24H30F2N4O2. The fraction of sp³-hybridized carbons (Fsp3) is 0.583. The number of ether oxygens (including phenoxy) is 1. The highest BCUT2D eigenvalue weighted by Crippen LogP contribution is 2.43. The lowest BCUT2D eigenvalue weighted by molar-refractivity contribution is -0.143. The van der Waals surface area contributed by atoms with Crippen LogP contribution in [0.1, 0.15) is 49.1 Å². The smallest absolute Gasteiger partial charge is 0.316 e. The summed E-state index contributed by atoms with van der Waals surface area (Å²) in [7, 11) is 0. The van der Waals surface area contributed by atoms with E-state index in [1.54, 1.807) is 6.21 Å². The van der Waals surface area contributed by atoms with Crippen LogP contribution in [-0.2, 0) is 15.1 Å². The first-order chi connectivity index (χ1) is 15.6. The van der Waals surface area contributed by atoms with Crippen molar-refractivity contribution in [3.05, 3.63) is 47.7 Å². The Morgan fingerprint density at radius 1 is 1.16 bits per heavy atom. The maximum atomic E-state index is 13.0. The maximum absolute atomic E-state index is 13.0. The fourth-order valence-electron chi connectivity index (χ4n) is 5.23. The van der Waals surface area contributed by atoms with Crippen LogP contribution >= 0.6 is 0 Å². The third-order valence-electron chi connectivity index (χ3n) is 7.48. The highest BCUT2D eigenvalue weighted by Gasteiger charge is 2.42. The number of halogens is 2. The Labute approximate surface area is 187 Å². The molecule has 172 valence electrons. The quantitative estimate of drug-likeness (QED) is 0.732. The normalized spacial score (nSPS) is 26.2. The number of carbonyl (C=O) groups excluding carboxylic acids is 1. The van der Waals surface area contributed by atoms with Crippen molar-refractivity contribution in [1.29, 1.82) is 0 Å². The summed E-state index contributed by atoms with van der Waals surface area (Å²) < 4.78 is 31.4. The molecule has 1 N–H and O–H groups in total. The summed E-state index contributed by atoms with van der Waals surface area (Å²) in [5, 5.41) is 3.41. The number of carbonyl (C=O) groups is 1. The summed E-state index contributed by atoms with van der Waals surface area (Å²) in [5.74, 6) is -0.668. The number of nitrogens with one attached hydrogen (secondary N) is 1. The van der Waals surface area contributed by atoms with E-state index in [0.29, 0.717) is 12.0 Å². The molecule has 3 aliphatic heterocycles. The number of allylic oxidation sites excluding steroid dienone is 1. The van der Waals surface area contributed by atoms with Crippen LogP contribution in [0, 0.1) is 0 Å². The molecular weight excluding hydrogens is 414 g/mol. The van der Waals surface area contributed by atoms with Crippen molar-refractivity contribution in [3.63, 3.8) is 0 Å². The van der Waals surface area contributed by atoms with Crippen molar-refractivity contribution in [2.24, 2.45) is 4.99 Å². The Morgan fingerprint density at radius 3 is 2.44 bits per heavy atom. The first-order valence-electron chi connectivity index (χ1n) is 11.6. The molecule has 1 aromatic rings. The van der Waals surface area contributed by atoms with E-state index in [1.807, 2.05) is 0 Å². The zero-order valence-corrected chi connectivity index (χ0v) is 18.1. The Bertz CT molecular complexity index is 872. The van der Waals surface area contributed by atoms with Gasteiger partial charge in [-0.3, -0.25) is 24.9 Å². The van der Waals surface area contributed by atoms with Crippen LogP contribution in [0.25, 0.3) is 0 Å². The second-order valence-corrected chi connectivity index (χ2v) is 9.26. The van der Waals surface area contributed by atoms with Gasteiger partial charge in [-0.15, -0.1) is 0 Å². The summed E-state index contributed by atoms with van der Waals surface area (Å²) in [4.78, 5) is 19.8. The van der Waals surface area contributed by atoms with Crippen LogP contribution in [0.3, 0.4) is 0 Å². The lowest BCUT2D eigenvalue weighted by Gasteiger charge is -2.46. The summed E-state index contributed by atoms with van der Waals surface area (Å²) in [6, 6.07) is 9.37. The van der Waals surface area contributed by atoms with Crippen LogP contribution in [-0.4, -0.2) is 67.0 Å².